The van der Waals surface area contributed by atoms with Crippen molar-refractivity contribution in [1.29, 1.82) is 0 Å². The average Bonchev–Trinajstić information content (AvgIpc) is 2.61. The van der Waals surface area contributed by atoms with E-state index in [1.165, 1.54) is 5.56 Å². The summed E-state index contributed by atoms with van der Waals surface area (Å²) in [4.78, 5) is 29.5. The first kappa shape index (κ1) is 15.8. The van der Waals surface area contributed by atoms with Crippen molar-refractivity contribution in [2.45, 2.75) is 44.1 Å². The molecule has 0 aliphatic carbocycles. The van der Waals surface area contributed by atoms with Crippen molar-refractivity contribution in [2.24, 2.45) is 0 Å². The minimum atomic E-state index is -0.0157. The largest absolute Gasteiger partial charge is 0.352 e. The molecule has 2 N–H and O–H groups in total. The number of carbonyl (C=O) groups excluding carboxylic acids is 2. The molecule has 1 unspecified atom stereocenters. The van der Waals surface area contributed by atoms with Gasteiger partial charge >= 0.3 is 6.03 Å². The lowest BCUT2D eigenvalue weighted by Crippen LogP contribution is -2.50. The first-order valence-corrected chi connectivity index (χ1v) is 8.44. The van der Waals surface area contributed by atoms with Crippen LogP contribution in [-0.4, -0.2) is 47.5 Å². The number of urea groups is 1. The average molecular weight is 316 g/mol. The number of hydrogen-bond acceptors (Lipinski definition) is 3. The van der Waals surface area contributed by atoms with Gasteiger partial charge in [-0.15, -0.1) is 0 Å². The van der Waals surface area contributed by atoms with Crippen molar-refractivity contribution in [1.82, 2.24) is 20.5 Å². The van der Waals surface area contributed by atoms with Crippen LogP contribution in [0.2, 0.25) is 0 Å². The van der Waals surface area contributed by atoms with E-state index in [9.17, 15) is 9.59 Å². The number of nitrogens with one attached hydrogen (secondary N) is 2. The SMILES string of the molecule is O=C1CCCC(CNC(=O)N2CCC(c3ccncc3)CC2)N1. The molecule has 0 spiro atoms. The van der Waals surface area contributed by atoms with Crippen LogP contribution in [0.5, 0.6) is 0 Å². The van der Waals surface area contributed by atoms with Crippen LogP contribution in [0.3, 0.4) is 0 Å². The lowest BCUT2D eigenvalue weighted by Gasteiger charge is -2.33. The summed E-state index contributed by atoms with van der Waals surface area (Å²) in [5, 5.41) is 5.88. The van der Waals surface area contributed by atoms with Crippen molar-refractivity contribution in [2.75, 3.05) is 19.6 Å². The predicted octanol–water partition coefficient (Wildman–Crippen LogP) is 1.64. The fourth-order valence-corrected chi connectivity index (χ4v) is 3.41. The monoisotopic (exact) mass is 316 g/mol. The Balaban J connectivity index is 1.42. The summed E-state index contributed by atoms with van der Waals surface area (Å²) in [5.41, 5.74) is 1.31. The molecule has 124 valence electrons. The highest BCUT2D eigenvalue weighted by atomic mass is 16.2. The molecular formula is C17H24N4O2. The van der Waals surface area contributed by atoms with E-state index >= 15 is 0 Å². The summed E-state index contributed by atoms with van der Waals surface area (Å²) in [5.74, 6) is 0.605. The highest BCUT2D eigenvalue weighted by Crippen LogP contribution is 2.27. The molecule has 1 aromatic rings. The molecule has 0 bridgehead atoms. The molecule has 1 atom stereocenters. The van der Waals surface area contributed by atoms with Gasteiger partial charge in [0.1, 0.15) is 0 Å². The fraction of sp³-hybridized carbons (Fsp3) is 0.588. The Morgan fingerprint density at radius 2 is 2.00 bits per heavy atom. The molecule has 2 fully saturated rings. The molecule has 2 aliphatic heterocycles. The van der Waals surface area contributed by atoms with Crippen LogP contribution in [0.1, 0.15) is 43.6 Å². The van der Waals surface area contributed by atoms with E-state index in [2.05, 4.69) is 27.8 Å². The number of pyridine rings is 1. The molecule has 0 aromatic carbocycles. The maximum absolute atomic E-state index is 12.3. The lowest BCUT2D eigenvalue weighted by molar-refractivity contribution is -0.123. The third-order valence-electron chi connectivity index (χ3n) is 4.78. The van der Waals surface area contributed by atoms with Crippen molar-refractivity contribution in [3.63, 3.8) is 0 Å². The Labute approximate surface area is 136 Å². The summed E-state index contributed by atoms with van der Waals surface area (Å²) < 4.78 is 0. The van der Waals surface area contributed by atoms with Crippen LogP contribution in [0, 0.1) is 0 Å². The predicted molar refractivity (Wildman–Crippen MR) is 87.0 cm³/mol. The molecule has 0 radical (unpaired) electrons. The van der Waals surface area contributed by atoms with E-state index in [4.69, 9.17) is 0 Å². The lowest BCUT2D eigenvalue weighted by atomic mass is 9.90. The van der Waals surface area contributed by atoms with Crippen LogP contribution in [0.25, 0.3) is 0 Å². The zero-order valence-electron chi connectivity index (χ0n) is 13.3. The minimum Gasteiger partial charge on any atom is -0.352 e. The topological polar surface area (TPSA) is 74.3 Å². The Kier molecular flexibility index (Phi) is 5.10. The van der Waals surface area contributed by atoms with Crippen LogP contribution < -0.4 is 10.6 Å². The van der Waals surface area contributed by atoms with Crippen molar-refractivity contribution < 1.29 is 9.59 Å². The van der Waals surface area contributed by atoms with E-state index in [0.717, 1.165) is 38.8 Å². The molecule has 2 saturated heterocycles. The number of rotatable bonds is 3. The number of aromatic nitrogens is 1. The molecule has 6 heteroatoms. The smallest absolute Gasteiger partial charge is 0.317 e. The van der Waals surface area contributed by atoms with E-state index in [0.29, 0.717) is 18.9 Å². The fourth-order valence-electron chi connectivity index (χ4n) is 3.41. The summed E-state index contributed by atoms with van der Waals surface area (Å²) in [6.45, 7) is 2.07. The summed E-state index contributed by atoms with van der Waals surface area (Å²) in [6, 6.07) is 4.19. The Hall–Kier alpha value is -2.11. The zero-order chi connectivity index (χ0) is 16.1. The van der Waals surface area contributed by atoms with Crippen LogP contribution >= 0.6 is 0 Å². The van der Waals surface area contributed by atoms with Gasteiger partial charge in [-0.3, -0.25) is 9.78 Å². The Morgan fingerprint density at radius 1 is 1.26 bits per heavy atom. The van der Waals surface area contributed by atoms with Crippen molar-refractivity contribution >= 4 is 11.9 Å². The van der Waals surface area contributed by atoms with E-state index in [1.807, 2.05) is 17.3 Å². The number of hydrogen-bond donors (Lipinski definition) is 2. The minimum absolute atomic E-state index is 0.0157. The second-order valence-corrected chi connectivity index (χ2v) is 6.38. The third-order valence-corrected chi connectivity index (χ3v) is 4.78. The van der Waals surface area contributed by atoms with Gasteiger partial charge in [-0.25, -0.2) is 4.79 Å². The molecule has 0 saturated carbocycles. The van der Waals surface area contributed by atoms with E-state index < -0.39 is 0 Å². The van der Waals surface area contributed by atoms with Gasteiger partial charge in [0.2, 0.25) is 5.91 Å². The standard InChI is InChI=1S/C17H24N4O2/c22-16-3-1-2-15(20-16)12-19-17(23)21-10-6-14(7-11-21)13-4-8-18-9-5-13/h4-5,8-9,14-15H,1-3,6-7,10-12H2,(H,19,23)(H,20,22). The summed E-state index contributed by atoms with van der Waals surface area (Å²) >= 11 is 0. The molecule has 6 nitrogen and oxygen atoms in total. The second-order valence-electron chi connectivity index (χ2n) is 6.38. The van der Waals surface area contributed by atoms with E-state index in [1.54, 1.807) is 0 Å². The van der Waals surface area contributed by atoms with E-state index in [-0.39, 0.29) is 18.0 Å². The van der Waals surface area contributed by atoms with Gasteiger partial charge in [-0.05, 0) is 49.3 Å². The van der Waals surface area contributed by atoms with Gasteiger partial charge in [0.15, 0.2) is 0 Å². The highest BCUT2D eigenvalue weighted by molar-refractivity contribution is 5.77. The molecule has 2 aliphatic rings. The highest BCUT2D eigenvalue weighted by Gasteiger charge is 2.25. The molecule has 3 amide bonds. The van der Waals surface area contributed by atoms with Crippen molar-refractivity contribution in [3.05, 3.63) is 30.1 Å². The Bertz CT molecular complexity index is 541. The number of likely N-dealkylation sites (tertiary alicyclic amines) is 1. The maximum atomic E-state index is 12.3. The van der Waals surface area contributed by atoms with Gasteiger partial charge in [0, 0.05) is 44.5 Å². The first-order valence-electron chi connectivity index (χ1n) is 8.44. The number of amides is 3. The number of carbonyl (C=O) groups is 2. The molecule has 1 aromatic heterocycles. The molecule has 23 heavy (non-hydrogen) atoms. The van der Waals surface area contributed by atoms with Gasteiger partial charge in [0.25, 0.3) is 0 Å². The Morgan fingerprint density at radius 3 is 2.70 bits per heavy atom. The normalized spacial score (nSPS) is 22.5. The van der Waals surface area contributed by atoms with Crippen LogP contribution in [0.15, 0.2) is 24.5 Å². The van der Waals surface area contributed by atoms with Gasteiger partial charge < -0.3 is 15.5 Å². The van der Waals surface area contributed by atoms with Crippen molar-refractivity contribution in [3.8, 4) is 0 Å². The summed E-state index contributed by atoms with van der Waals surface area (Å²) in [6.07, 6.45) is 8.07. The van der Waals surface area contributed by atoms with Gasteiger partial charge in [0.05, 0.1) is 0 Å². The molecular weight excluding hydrogens is 292 g/mol. The maximum Gasteiger partial charge on any atom is 0.317 e. The first-order chi connectivity index (χ1) is 11.2. The summed E-state index contributed by atoms with van der Waals surface area (Å²) in [7, 11) is 0. The van der Waals surface area contributed by atoms with Gasteiger partial charge in [-0.2, -0.15) is 0 Å². The number of nitrogens with zero attached hydrogens (tertiary/aromatic N) is 2. The third kappa shape index (κ3) is 4.21. The molecule has 3 heterocycles. The quantitative estimate of drug-likeness (QED) is 0.890. The van der Waals surface area contributed by atoms with Gasteiger partial charge in [-0.1, -0.05) is 0 Å². The van der Waals surface area contributed by atoms with Crippen LogP contribution in [0.4, 0.5) is 4.79 Å². The number of piperidine rings is 2. The second kappa shape index (κ2) is 7.44. The zero-order valence-corrected chi connectivity index (χ0v) is 13.3. The molecule has 3 rings (SSSR count). The van der Waals surface area contributed by atoms with Crippen LogP contribution in [-0.2, 0) is 4.79 Å².